The fourth-order valence-corrected chi connectivity index (χ4v) is 5.84. The van der Waals surface area contributed by atoms with E-state index < -0.39 is 11.0 Å². The van der Waals surface area contributed by atoms with Crippen LogP contribution in [0.4, 0.5) is 0 Å². The predicted molar refractivity (Wildman–Crippen MR) is 162 cm³/mol. The number of esters is 2. The first-order valence-corrected chi connectivity index (χ1v) is 14.8. The van der Waals surface area contributed by atoms with E-state index in [4.69, 9.17) is 9.47 Å². The molecule has 6 heteroatoms. The lowest BCUT2D eigenvalue weighted by atomic mass is 9.54. The average molecular weight is 559 g/mol. The highest BCUT2D eigenvalue weighted by Crippen LogP contribution is 2.55. The normalized spacial score (nSPS) is 25.6. The molecular weight excluding hydrogens is 504 g/mol. The van der Waals surface area contributed by atoms with Gasteiger partial charge in [0.15, 0.2) is 0 Å². The molecule has 226 valence electrons. The molecule has 6 nitrogen and oxygen atoms in total. The van der Waals surface area contributed by atoms with E-state index in [1.165, 1.54) is 25.0 Å². The maximum Gasteiger partial charge on any atom is 0.303 e. The zero-order valence-electron chi connectivity index (χ0n) is 26.5. The van der Waals surface area contributed by atoms with Crippen LogP contribution in [-0.2, 0) is 23.9 Å². The molecule has 1 aliphatic carbocycles. The summed E-state index contributed by atoms with van der Waals surface area (Å²) in [6, 6.07) is 0. The molecule has 1 rings (SSSR count). The first kappa shape index (κ1) is 35.6. The SMILES string of the molecule is CC(=O)OCCC[C@@H]1/C(=C(/C)C=O)CC[C@](C)(O)[C@@]1(C)CC/C=C(\C)[C@@H](C/C=C(\C)CCC=C(C)C)OC(C)=O. The smallest absolute Gasteiger partial charge is 0.303 e. The standard InChI is InChI=1S/C34H54O6/c1-24(2)13-10-14-25(3)17-18-32(40-29(7)37)26(4)15-11-20-33(8)31(16-12-22-39-28(6)36)30(27(5)23-35)19-21-34(33,9)38/h13,15,17,23,31-32,38H,10-12,14,16,18-22H2,1-9H3/b25-17+,26-15+,30-27-/t31-,32-,33+,34+/m1/s1. The molecule has 0 bridgehead atoms. The Kier molecular flexibility index (Phi) is 14.9. The lowest BCUT2D eigenvalue weighted by Crippen LogP contribution is -2.52. The molecule has 0 amide bonds. The van der Waals surface area contributed by atoms with Crippen LogP contribution in [0.1, 0.15) is 120 Å². The lowest BCUT2D eigenvalue weighted by Gasteiger charge is -2.53. The third kappa shape index (κ3) is 11.2. The van der Waals surface area contributed by atoms with Gasteiger partial charge in [0, 0.05) is 25.7 Å². The fraction of sp³-hybridized carbons (Fsp3) is 0.676. The number of hydrogen-bond donors (Lipinski definition) is 1. The van der Waals surface area contributed by atoms with Gasteiger partial charge in [-0.2, -0.15) is 0 Å². The summed E-state index contributed by atoms with van der Waals surface area (Å²) in [6.07, 6.45) is 13.7. The summed E-state index contributed by atoms with van der Waals surface area (Å²) in [4.78, 5) is 34.9. The molecule has 0 saturated heterocycles. The Bertz CT molecular complexity index is 992. The van der Waals surface area contributed by atoms with Gasteiger partial charge in [-0.25, -0.2) is 0 Å². The Morgan fingerprint density at radius 2 is 1.68 bits per heavy atom. The van der Waals surface area contributed by atoms with Crippen molar-refractivity contribution in [3.05, 3.63) is 46.1 Å². The molecule has 4 atom stereocenters. The molecule has 0 heterocycles. The molecule has 0 unspecified atom stereocenters. The molecule has 0 aromatic rings. The molecular formula is C34H54O6. The topological polar surface area (TPSA) is 89.9 Å². The Balaban J connectivity index is 3.14. The van der Waals surface area contributed by atoms with E-state index in [0.29, 0.717) is 45.1 Å². The van der Waals surface area contributed by atoms with Crippen LogP contribution in [0.3, 0.4) is 0 Å². The Labute approximate surface area is 243 Å². The predicted octanol–water partition coefficient (Wildman–Crippen LogP) is 7.75. The minimum Gasteiger partial charge on any atom is -0.466 e. The molecule has 1 N–H and O–H groups in total. The Hall–Kier alpha value is -2.47. The number of ether oxygens (including phenoxy) is 2. The third-order valence-electron chi connectivity index (χ3n) is 8.64. The average Bonchev–Trinajstić information content (AvgIpc) is 2.85. The van der Waals surface area contributed by atoms with Crippen molar-refractivity contribution in [2.75, 3.05) is 6.61 Å². The Morgan fingerprint density at radius 1 is 1.00 bits per heavy atom. The summed E-state index contributed by atoms with van der Waals surface area (Å²) >= 11 is 0. The van der Waals surface area contributed by atoms with Crippen LogP contribution in [0.2, 0.25) is 0 Å². The summed E-state index contributed by atoms with van der Waals surface area (Å²) in [5, 5.41) is 11.6. The van der Waals surface area contributed by atoms with E-state index in [1.54, 1.807) is 0 Å². The molecule has 1 saturated carbocycles. The zero-order chi connectivity index (χ0) is 30.5. The summed E-state index contributed by atoms with van der Waals surface area (Å²) in [7, 11) is 0. The zero-order valence-corrected chi connectivity index (χ0v) is 26.5. The van der Waals surface area contributed by atoms with Crippen LogP contribution >= 0.6 is 0 Å². The molecule has 0 aliphatic heterocycles. The van der Waals surface area contributed by atoms with Crippen LogP contribution in [0, 0.1) is 11.3 Å². The first-order chi connectivity index (χ1) is 18.6. The van der Waals surface area contributed by atoms with Crippen molar-refractivity contribution in [1.82, 2.24) is 0 Å². The summed E-state index contributed by atoms with van der Waals surface area (Å²) in [5.74, 6) is -0.622. The Morgan fingerprint density at radius 3 is 2.25 bits per heavy atom. The summed E-state index contributed by atoms with van der Waals surface area (Å²) in [6.45, 7) is 17.3. The van der Waals surface area contributed by atoms with Gasteiger partial charge in [0.2, 0.25) is 0 Å². The second-order valence-corrected chi connectivity index (χ2v) is 12.2. The van der Waals surface area contributed by atoms with Gasteiger partial charge < -0.3 is 14.6 Å². The molecule has 40 heavy (non-hydrogen) atoms. The number of carbonyl (C=O) groups is 3. The van der Waals surface area contributed by atoms with E-state index in [0.717, 1.165) is 42.3 Å². The maximum atomic E-state index is 11.9. The minimum atomic E-state index is -0.923. The van der Waals surface area contributed by atoms with Gasteiger partial charge in [-0.05, 0) is 110 Å². The van der Waals surface area contributed by atoms with Gasteiger partial charge in [-0.3, -0.25) is 14.4 Å². The molecule has 0 aromatic carbocycles. The van der Waals surface area contributed by atoms with Gasteiger partial charge in [0.1, 0.15) is 12.4 Å². The summed E-state index contributed by atoms with van der Waals surface area (Å²) in [5.41, 5.74) is 3.99. The monoisotopic (exact) mass is 558 g/mol. The van der Waals surface area contributed by atoms with Crippen molar-refractivity contribution in [2.45, 2.75) is 132 Å². The quantitative estimate of drug-likeness (QED) is 0.0726. The van der Waals surface area contributed by atoms with Crippen LogP contribution in [0.15, 0.2) is 46.1 Å². The minimum absolute atomic E-state index is 0.0126. The van der Waals surface area contributed by atoms with Crippen LogP contribution in [0.25, 0.3) is 0 Å². The van der Waals surface area contributed by atoms with Crippen molar-refractivity contribution in [3.8, 4) is 0 Å². The van der Waals surface area contributed by atoms with Gasteiger partial charge in [0.25, 0.3) is 0 Å². The number of rotatable bonds is 15. The molecule has 1 aliphatic rings. The lowest BCUT2D eigenvalue weighted by molar-refractivity contribution is -0.144. The highest BCUT2D eigenvalue weighted by molar-refractivity contribution is 5.74. The van der Waals surface area contributed by atoms with Crippen molar-refractivity contribution in [1.29, 1.82) is 0 Å². The first-order valence-electron chi connectivity index (χ1n) is 14.8. The largest absolute Gasteiger partial charge is 0.466 e. The number of hydrogen-bond acceptors (Lipinski definition) is 6. The second kappa shape index (κ2) is 16.7. The van der Waals surface area contributed by atoms with E-state index >= 15 is 0 Å². The highest BCUT2D eigenvalue weighted by atomic mass is 16.5. The van der Waals surface area contributed by atoms with Crippen molar-refractivity contribution < 1.29 is 29.0 Å². The van der Waals surface area contributed by atoms with Gasteiger partial charge >= 0.3 is 11.9 Å². The summed E-state index contributed by atoms with van der Waals surface area (Å²) < 4.78 is 10.9. The maximum absolute atomic E-state index is 11.9. The van der Waals surface area contributed by atoms with E-state index in [1.807, 2.05) is 20.8 Å². The number of aliphatic hydroxyl groups is 1. The van der Waals surface area contributed by atoms with E-state index in [2.05, 4.69) is 45.9 Å². The van der Waals surface area contributed by atoms with E-state index in [-0.39, 0.29) is 24.0 Å². The van der Waals surface area contributed by atoms with Gasteiger partial charge in [-0.15, -0.1) is 0 Å². The van der Waals surface area contributed by atoms with Crippen LogP contribution in [-0.4, -0.2) is 41.6 Å². The fourth-order valence-electron chi connectivity index (χ4n) is 5.84. The van der Waals surface area contributed by atoms with Crippen LogP contribution < -0.4 is 0 Å². The molecule has 0 spiro atoms. The van der Waals surface area contributed by atoms with Gasteiger partial charge in [0.05, 0.1) is 12.2 Å². The van der Waals surface area contributed by atoms with Crippen molar-refractivity contribution in [3.63, 3.8) is 0 Å². The van der Waals surface area contributed by atoms with Gasteiger partial charge in [-0.1, -0.05) is 41.9 Å². The second-order valence-electron chi connectivity index (χ2n) is 12.2. The molecule has 1 fully saturated rings. The van der Waals surface area contributed by atoms with E-state index in [9.17, 15) is 19.5 Å². The number of carbonyl (C=O) groups excluding carboxylic acids is 3. The van der Waals surface area contributed by atoms with Crippen molar-refractivity contribution >= 4 is 18.2 Å². The van der Waals surface area contributed by atoms with Crippen molar-refractivity contribution in [2.24, 2.45) is 11.3 Å². The van der Waals surface area contributed by atoms with Crippen LogP contribution in [0.5, 0.6) is 0 Å². The highest BCUT2D eigenvalue weighted by Gasteiger charge is 2.52. The third-order valence-corrected chi connectivity index (χ3v) is 8.64. The number of aldehydes is 1. The molecule has 0 radical (unpaired) electrons. The molecule has 0 aromatic heterocycles. The number of allylic oxidation sites excluding steroid dienone is 6.